The Hall–Kier alpha value is -0.680. The standard InChI is InChI=1S/C13H21N3OS/c1-2-3-8-17-13-12(14-18-15-13)11-9-16-6-4-10(11)5-7-16/h10-11H,2-9H2,1H3. The van der Waals surface area contributed by atoms with E-state index in [2.05, 4.69) is 20.6 Å². The summed E-state index contributed by atoms with van der Waals surface area (Å²) in [5.41, 5.74) is 1.13. The molecule has 3 saturated heterocycles. The van der Waals surface area contributed by atoms with Crippen LogP contribution in [0.25, 0.3) is 0 Å². The highest BCUT2D eigenvalue weighted by atomic mass is 32.1. The Labute approximate surface area is 113 Å². The van der Waals surface area contributed by atoms with Crippen molar-refractivity contribution in [2.75, 3.05) is 26.2 Å². The molecule has 5 heteroatoms. The predicted molar refractivity (Wildman–Crippen MR) is 72.2 cm³/mol. The molecule has 3 fully saturated rings. The quantitative estimate of drug-likeness (QED) is 0.768. The summed E-state index contributed by atoms with van der Waals surface area (Å²) in [4.78, 5) is 2.56. The average Bonchev–Trinajstić information content (AvgIpc) is 2.89. The number of ether oxygens (including phenoxy) is 1. The molecule has 4 rings (SSSR count). The summed E-state index contributed by atoms with van der Waals surface area (Å²) in [6.07, 6.45) is 4.89. The van der Waals surface area contributed by atoms with E-state index in [1.807, 2.05) is 0 Å². The first-order chi connectivity index (χ1) is 8.88. The summed E-state index contributed by atoms with van der Waals surface area (Å²) in [7, 11) is 0. The van der Waals surface area contributed by atoms with Gasteiger partial charge in [0.05, 0.1) is 18.3 Å². The van der Waals surface area contributed by atoms with E-state index in [0.717, 1.165) is 43.5 Å². The van der Waals surface area contributed by atoms with E-state index in [1.165, 1.54) is 37.7 Å². The van der Waals surface area contributed by atoms with Gasteiger partial charge in [0.2, 0.25) is 5.88 Å². The van der Waals surface area contributed by atoms with Crippen molar-refractivity contribution < 1.29 is 4.74 Å². The van der Waals surface area contributed by atoms with Crippen LogP contribution in [0.15, 0.2) is 0 Å². The van der Waals surface area contributed by atoms with Gasteiger partial charge in [-0.25, -0.2) is 0 Å². The maximum absolute atomic E-state index is 5.80. The van der Waals surface area contributed by atoms with Gasteiger partial charge in [0, 0.05) is 12.5 Å². The Morgan fingerprint density at radius 2 is 2.17 bits per heavy atom. The van der Waals surface area contributed by atoms with Gasteiger partial charge in [0.1, 0.15) is 5.69 Å². The molecule has 1 aromatic heterocycles. The van der Waals surface area contributed by atoms with Gasteiger partial charge in [-0.05, 0) is 38.3 Å². The Kier molecular flexibility index (Phi) is 3.80. The molecule has 0 aromatic carbocycles. The van der Waals surface area contributed by atoms with Crippen molar-refractivity contribution in [1.29, 1.82) is 0 Å². The fourth-order valence-electron chi connectivity index (χ4n) is 3.10. The topological polar surface area (TPSA) is 38.3 Å². The summed E-state index contributed by atoms with van der Waals surface area (Å²) < 4.78 is 14.6. The van der Waals surface area contributed by atoms with Crippen LogP contribution < -0.4 is 4.74 Å². The number of fused-ring (bicyclic) bond motifs is 3. The molecular formula is C13H21N3OS. The van der Waals surface area contributed by atoms with Crippen molar-refractivity contribution in [2.45, 2.75) is 38.5 Å². The first-order valence-corrected chi connectivity index (χ1v) is 7.79. The highest BCUT2D eigenvalue weighted by Gasteiger charge is 2.38. The fraction of sp³-hybridized carbons (Fsp3) is 0.846. The van der Waals surface area contributed by atoms with Crippen LogP contribution in [0.5, 0.6) is 5.88 Å². The Balaban J connectivity index is 1.70. The summed E-state index contributed by atoms with van der Waals surface area (Å²) in [6.45, 7) is 6.64. The zero-order chi connectivity index (χ0) is 12.4. The zero-order valence-corrected chi connectivity index (χ0v) is 11.8. The third kappa shape index (κ3) is 2.38. The van der Waals surface area contributed by atoms with Crippen LogP contribution in [0.3, 0.4) is 0 Å². The Bertz CT molecular complexity index is 387. The number of unbranched alkanes of at least 4 members (excludes halogenated alkanes) is 1. The van der Waals surface area contributed by atoms with Crippen LogP contribution in [0, 0.1) is 5.92 Å². The van der Waals surface area contributed by atoms with E-state index in [0.29, 0.717) is 5.92 Å². The third-order valence-electron chi connectivity index (χ3n) is 4.23. The first kappa shape index (κ1) is 12.4. The minimum absolute atomic E-state index is 0.558. The fourth-order valence-corrected chi connectivity index (χ4v) is 3.66. The van der Waals surface area contributed by atoms with E-state index in [1.54, 1.807) is 0 Å². The van der Waals surface area contributed by atoms with Gasteiger partial charge in [-0.15, -0.1) is 4.37 Å². The zero-order valence-electron chi connectivity index (χ0n) is 11.0. The number of piperidine rings is 3. The molecule has 1 atom stereocenters. The van der Waals surface area contributed by atoms with Crippen molar-refractivity contribution in [3.8, 4) is 5.88 Å². The summed E-state index contributed by atoms with van der Waals surface area (Å²) in [5.74, 6) is 2.17. The van der Waals surface area contributed by atoms with Gasteiger partial charge in [-0.3, -0.25) is 0 Å². The molecular weight excluding hydrogens is 246 g/mol. The molecule has 0 aliphatic carbocycles. The molecule has 2 bridgehead atoms. The van der Waals surface area contributed by atoms with Crippen molar-refractivity contribution >= 4 is 11.7 Å². The summed E-state index contributed by atoms with van der Waals surface area (Å²) in [5, 5.41) is 0. The number of rotatable bonds is 5. The maximum Gasteiger partial charge on any atom is 0.249 e. The molecule has 3 aliphatic rings. The second-order valence-electron chi connectivity index (χ2n) is 5.40. The maximum atomic E-state index is 5.80. The van der Waals surface area contributed by atoms with E-state index in [-0.39, 0.29) is 0 Å². The van der Waals surface area contributed by atoms with E-state index >= 15 is 0 Å². The van der Waals surface area contributed by atoms with Gasteiger partial charge in [-0.1, -0.05) is 13.3 Å². The van der Waals surface area contributed by atoms with E-state index < -0.39 is 0 Å². The van der Waals surface area contributed by atoms with Crippen molar-refractivity contribution in [3.63, 3.8) is 0 Å². The van der Waals surface area contributed by atoms with Crippen molar-refractivity contribution in [3.05, 3.63) is 5.69 Å². The molecule has 0 amide bonds. The van der Waals surface area contributed by atoms with E-state index in [4.69, 9.17) is 4.74 Å². The minimum Gasteiger partial charge on any atom is -0.476 e. The minimum atomic E-state index is 0.558. The summed E-state index contributed by atoms with van der Waals surface area (Å²) in [6, 6.07) is 0. The molecule has 0 N–H and O–H groups in total. The lowest BCUT2D eigenvalue weighted by Gasteiger charge is -2.44. The van der Waals surface area contributed by atoms with Gasteiger partial charge >= 0.3 is 0 Å². The van der Waals surface area contributed by atoms with Crippen LogP contribution >= 0.6 is 11.7 Å². The average molecular weight is 267 g/mol. The Morgan fingerprint density at radius 1 is 1.33 bits per heavy atom. The van der Waals surface area contributed by atoms with Gasteiger partial charge in [-0.2, -0.15) is 4.37 Å². The molecule has 18 heavy (non-hydrogen) atoms. The number of hydrogen-bond acceptors (Lipinski definition) is 5. The second-order valence-corrected chi connectivity index (χ2v) is 5.93. The normalized spacial score (nSPS) is 30.6. The monoisotopic (exact) mass is 267 g/mol. The van der Waals surface area contributed by atoms with Gasteiger partial charge in [0.25, 0.3) is 0 Å². The second kappa shape index (κ2) is 5.53. The summed E-state index contributed by atoms with van der Waals surface area (Å²) >= 11 is 1.30. The van der Waals surface area contributed by atoms with Gasteiger partial charge in [0.15, 0.2) is 0 Å². The lowest BCUT2D eigenvalue weighted by molar-refractivity contribution is 0.0840. The van der Waals surface area contributed by atoms with Crippen LogP contribution in [0.2, 0.25) is 0 Å². The molecule has 4 heterocycles. The molecule has 4 nitrogen and oxygen atoms in total. The number of aromatic nitrogens is 2. The van der Waals surface area contributed by atoms with Crippen LogP contribution in [-0.4, -0.2) is 39.9 Å². The molecule has 100 valence electrons. The van der Waals surface area contributed by atoms with Crippen molar-refractivity contribution in [1.82, 2.24) is 13.6 Å². The highest BCUT2D eigenvalue weighted by Crippen LogP contribution is 2.41. The van der Waals surface area contributed by atoms with Crippen LogP contribution in [0.1, 0.15) is 44.2 Å². The molecule has 0 radical (unpaired) electrons. The molecule has 1 aromatic rings. The smallest absolute Gasteiger partial charge is 0.249 e. The van der Waals surface area contributed by atoms with Crippen LogP contribution in [-0.2, 0) is 0 Å². The van der Waals surface area contributed by atoms with Crippen LogP contribution in [0.4, 0.5) is 0 Å². The molecule has 0 spiro atoms. The highest BCUT2D eigenvalue weighted by molar-refractivity contribution is 6.99. The number of nitrogens with zero attached hydrogens (tertiary/aromatic N) is 3. The third-order valence-corrected chi connectivity index (χ3v) is 4.75. The molecule has 0 saturated carbocycles. The van der Waals surface area contributed by atoms with Crippen molar-refractivity contribution in [2.24, 2.45) is 5.92 Å². The van der Waals surface area contributed by atoms with Gasteiger partial charge < -0.3 is 9.64 Å². The Morgan fingerprint density at radius 3 is 2.83 bits per heavy atom. The molecule has 3 aliphatic heterocycles. The first-order valence-electron chi connectivity index (χ1n) is 7.06. The lowest BCUT2D eigenvalue weighted by Crippen LogP contribution is -2.46. The molecule has 1 unspecified atom stereocenters. The SMILES string of the molecule is CCCCOc1nsnc1C1CN2CCC1CC2. The predicted octanol–water partition coefficient (Wildman–Crippen LogP) is 2.53. The lowest BCUT2D eigenvalue weighted by atomic mass is 9.77. The number of hydrogen-bond donors (Lipinski definition) is 0. The van der Waals surface area contributed by atoms with E-state index in [9.17, 15) is 0 Å². The largest absolute Gasteiger partial charge is 0.476 e.